The van der Waals surface area contributed by atoms with Crippen molar-refractivity contribution >= 4 is 33.8 Å². The van der Waals surface area contributed by atoms with Gasteiger partial charge >= 0.3 is 0 Å². The van der Waals surface area contributed by atoms with Crippen LogP contribution in [0.25, 0.3) is 0 Å². The molecule has 32 heavy (non-hydrogen) atoms. The highest BCUT2D eigenvalue weighted by atomic mass is 32.1. The highest BCUT2D eigenvalue weighted by molar-refractivity contribution is 7.18. The van der Waals surface area contributed by atoms with E-state index >= 15 is 0 Å². The molecule has 166 valence electrons. The summed E-state index contributed by atoms with van der Waals surface area (Å²) in [5, 5.41) is 3.86. The fourth-order valence-corrected chi connectivity index (χ4v) is 5.04. The van der Waals surface area contributed by atoms with Gasteiger partial charge in [-0.25, -0.2) is 4.98 Å². The monoisotopic (exact) mass is 448 g/mol. The van der Waals surface area contributed by atoms with E-state index in [1.165, 1.54) is 42.6 Å². The minimum atomic E-state index is -0.0730. The minimum Gasteiger partial charge on any atom is -0.492 e. The first kappa shape index (κ1) is 21.0. The van der Waals surface area contributed by atoms with Crippen LogP contribution in [0.15, 0.2) is 48.5 Å². The first-order chi connectivity index (χ1) is 15.6. The lowest BCUT2D eigenvalue weighted by Crippen LogP contribution is -2.30. The zero-order valence-corrected chi connectivity index (χ0v) is 19.0. The molecule has 2 heterocycles. The summed E-state index contributed by atoms with van der Waals surface area (Å²) in [5.41, 5.74) is 8.87. The molecular formula is C25H28N4O2S. The zero-order valence-electron chi connectivity index (χ0n) is 18.2. The van der Waals surface area contributed by atoms with Crippen LogP contribution in [0.3, 0.4) is 0 Å². The van der Waals surface area contributed by atoms with E-state index < -0.39 is 0 Å². The van der Waals surface area contributed by atoms with E-state index in [4.69, 9.17) is 10.5 Å². The van der Waals surface area contributed by atoms with Crippen LogP contribution in [0.5, 0.6) is 5.75 Å². The molecule has 6 nitrogen and oxygen atoms in total. The number of likely N-dealkylation sites (tertiary alicyclic amines) is 1. The second-order valence-corrected chi connectivity index (χ2v) is 9.70. The van der Waals surface area contributed by atoms with Crippen LogP contribution < -0.4 is 15.8 Å². The maximum Gasteiger partial charge on any atom is 0.206 e. The normalized spacial score (nSPS) is 18.6. The van der Waals surface area contributed by atoms with Gasteiger partial charge in [-0.1, -0.05) is 29.5 Å². The number of ether oxygens (including phenoxy) is 1. The SMILES string of the molecule is CN1CCCC1COc1ccc(Nc2nc(N)c(C(=O)c3cccc(C4CC4)c3)s2)cc1. The number of aromatic nitrogens is 1. The molecule has 5 rings (SSSR count). The Morgan fingerprint density at radius 3 is 2.75 bits per heavy atom. The molecular weight excluding hydrogens is 420 g/mol. The number of ketones is 1. The van der Waals surface area contributed by atoms with Crippen molar-refractivity contribution < 1.29 is 9.53 Å². The van der Waals surface area contributed by atoms with Crippen LogP contribution in [-0.2, 0) is 0 Å². The van der Waals surface area contributed by atoms with E-state index in [9.17, 15) is 4.79 Å². The van der Waals surface area contributed by atoms with Gasteiger partial charge in [0.05, 0.1) is 0 Å². The Bertz CT molecular complexity index is 1110. The number of hydrogen-bond donors (Lipinski definition) is 2. The van der Waals surface area contributed by atoms with Crippen molar-refractivity contribution in [3.05, 3.63) is 64.5 Å². The standard InChI is InChI=1S/C25H28N4O2S/c1-29-13-3-6-20(29)15-31-21-11-9-19(10-12-21)27-25-28-24(26)23(32-25)22(30)18-5-2-4-17(14-18)16-7-8-16/h2,4-5,9-12,14,16,20H,3,6-8,13,15,26H2,1H3,(H,27,28). The molecule has 3 aromatic rings. The number of nitrogens with one attached hydrogen (secondary N) is 1. The molecule has 7 heteroatoms. The summed E-state index contributed by atoms with van der Waals surface area (Å²) in [6.45, 7) is 1.85. The fraction of sp³-hybridized carbons (Fsp3) is 0.360. The van der Waals surface area contributed by atoms with Gasteiger partial charge in [-0.3, -0.25) is 4.79 Å². The Labute approximate surface area is 192 Å². The average molecular weight is 449 g/mol. The van der Waals surface area contributed by atoms with Crippen molar-refractivity contribution in [3.8, 4) is 5.75 Å². The van der Waals surface area contributed by atoms with E-state index in [0.29, 0.717) is 34.1 Å². The lowest BCUT2D eigenvalue weighted by atomic mass is 10.0. The van der Waals surface area contributed by atoms with Gasteiger partial charge in [0, 0.05) is 17.3 Å². The maximum atomic E-state index is 13.0. The van der Waals surface area contributed by atoms with E-state index in [1.807, 2.05) is 42.5 Å². The molecule has 1 saturated carbocycles. The number of rotatable bonds is 8. The van der Waals surface area contributed by atoms with Gasteiger partial charge in [-0.15, -0.1) is 0 Å². The summed E-state index contributed by atoms with van der Waals surface area (Å²) < 4.78 is 5.95. The average Bonchev–Trinajstić information content (AvgIpc) is 3.49. The van der Waals surface area contributed by atoms with E-state index in [1.54, 1.807) is 0 Å². The van der Waals surface area contributed by atoms with Crippen molar-refractivity contribution in [3.63, 3.8) is 0 Å². The Balaban J connectivity index is 1.23. The molecule has 0 spiro atoms. The van der Waals surface area contributed by atoms with Gasteiger partial charge in [-0.2, -0.15) is 0 Å². The molecule has 1 atom stereocenters. The third-order valence-electron chi connectivity index (χ3n) is 6.28. The quantitative estimate of drug-likeness (QED) is 0.470. The lowest BCUT2D eigenvalue weighted by Gasteiger charge is -2.19. The summed E-state index contributed by atoms with van der Waals surface area (Å²) >= 11 is 1.29. The second-order valence-electron chi connectivity index (χ2n) is 8.70. The van der Waals surface area contributed by atoms with E-state index in [2.05, 4.69) is 28.3 Å². The van der Waals surface area contributed by atoms with Crippen molar-refractivity contribution in [1.82, 2.24) is 9.88 Å². The summed E-state index contributed by atoms with van der Waals surface area (Å²) in [7, 11) is 2.15. The molecule has 2 aliphatic rings. The van der Waals surface area contributed by atoms with E-state index in [-0.39, 0.29) is 11.6 Å². The smallest absolute Gasteiger partial charge is 0.206 e. The van der Waals surface area contributed by atoms with Gasteiger partial charge in [0.2, 0.25) is 5.78 Å². The topological polar surface area (TPSA) is 80.5 Å². The number of nitrogens with zero attached hydrogens (tertiary/aromatic N) is 2. The third kappa shape index (κ3) is 4.64. The molecule has 1 aromatic heterocycles. The number of benzene rings is 2. The Morgan fingerprint density at radius 2 is 2.03 bits per heavy atom. The molecule has 2 aromatic carbocycles. The van der Waals surface area contributed by atoms with Crippen molar-refractivity contribution in [1.29, 1.82) is 0 Å². The summed E-state index contributed by atoms with van der Waals surface area (Å²) in [6, 6.07) is 16.2. The summed E-state index contributed by atoms with van der Waals surface area (Å²) in [6.07, 6.45) is 4.83. The number of nitrogens with two attached hydrogens (primary N) is 1. The van der Waals surface area contributed by atoms with Crippen LogP contribution in [0.1, 0.15) is 52.4 Å². The number of carbonyl (C=O) groups is 1. The summed E-state index contributed by atoms with van der Waals surface area (Å²) in [5.74, 6) is 1.64. The lowest BCUT2D eigenvalue weighted by molar-refractivity contribution is 0.104. The van der Waals surface area contributed by atoms with Crippen LogP contribution in [0, 0.1) is 0 Å². The largest absolute Gasteiger partial charge is 0.492 e. The first-order valence-electron chi connectivity index (χ1n) is 11.2. The number of carbonyl (C=O) groups excluding carboxylic acids is 1. The van der Waals surface area contributed by atoms with Gasteiger partial charge in [-0.05, 0) is 81.1 Å². The molecule has 0 amide bonds. The molecule has 0 bridgehead atoms. The van der Waals surface area contributed by atoms with Gasteiger partial charge in [0.15, 0.2) is 5.13 Å². The van der Waals surface area contributed by atoms with Gasteiger partial charge < -0.3 is 20.7 Å². The molecule has 1 saturated heterocycles. The number of nitrogen functional groups attached to an aromatic ring is 1. The van der Waals surface area contributed by atoms with E-state index in [0.717, 1.165) is 18.0 Å². The molecule has 1 aliphatic heterocycles. The predicted octanol–water partition coefficient (Wildman–Crippen LogP) is 5.05. The van der Waals surface area contributed by atoms with Crippen molar-refractivity contribution in [2.24, 2.45) is 0 Å². The van der Waals surface area contributed by atoms with Crippen LogP contribution >= 0.6 is 11.3 Å². The Kier molecular flexibility index (Phi) is 5.85. The van der Waals surface area contributed by atoms with Crippen molar-refractivity contribution in [2.75, 3.05) is 31.2 Å². The fourth-order valence-electron chi connectivity index (χ4n) is 4.17. The number of anilines is 3. The molecule has 1 aliphatic carbocycles. The Hall–Kier alpha value is -2.90. The molecule has 0 radical (unpaired) electrons. The number of likely N-dealkylation sites (N-methyl/N-ethyl adjacent to an activating group) is 1. The third-order valence-corrected chi connectivity index (χ3v) is 7.26. The van der Waals surface area contributed by atoms with Crippen molar-refractivity contribution in [2.45, 2.75) is 37.6 Å². The Morgan fingerprint density at radius 1 is 1.22 bits per heavy atom. The van der Waals surface area contributed by atoms with Gasteiger partial charge in [0.1, 0.15) is 23.1 Å². The zero-order chi connectivity index (χ0) is 22.1. The first-order valence-corrected chi connectivity index (χ1v) is 12.0. The molecule has 1 unspecified atom stereocenters. The predicted molar refractivity (Wildman–Crippen MR) is 129 cm³/mol. The van der Waals surface area contributed by atoms with Crippen LogP contribution in [0.4, 0.5) is 16.6 Å². The maximum absolute atomic E-state index is 13.0. The highest BCUT2D eigenvalue weighted by Gasteiger charge is 2.25. The molecule has 2 fully saturated rings. The highest BCUT2D eigenvalue weighted by Crippen LogP contribution is 2.40. The summed E-state index contributed by atoms with van der Waals surface area (Å²) in [4.78, 5) is 20.2. The second kappa shape index (κ2) is 8.92. The minimum absolute atomic E-state index is 0.0730. The molecule has 3 N–H and O–H groups in total. The number of thiazole rings is 1. The number of hydrogen-bond acceptors (Lipinski definition) is 7. The van der Waals surface area contributed by atoms with Crippen LogP contribution in [-0.4, -0.2) is 41.9 Å². The van der Waals surface area contributed by atoms with Gasteiger partial charge in [0.25, 0.3) is 0 Å². The van der Waals surface area contributed by atoms with Crippen LogP contribution in [0.2, 0.25) is 0 Å².